The lowest BCUT2D eigenvalue weighted by molar-refractivity contribution is 0.431. The molecule has 1 unspecified atom stereocenters. The van der Waals surface area contributed by atoms with E-state index in [2.05, 4.69) is 28.2 Å². The minimum atomic E-state index is -0.299. The smallest absolute Gasteiger partial charge is 0.139 e. The second-order valence-electron chi connectivity index (χ2n) is 4.12. The standard InChI is InChI=1S/C11H12BrClFN/c1-11(3-2-4-15-11)7-5-8(13)10(12)9(14)6-7/h5-6,15H,2-4H2,1H3. The normalized spacial score (nSPS) is 25.9. The summed E-state index contributed by atoms with van der Waals surface area (Å²) in [6, 6.07) is 3.38. The third-order valence-electron chi connectivity index (χ3n) is 2.99. The van der Waals surface area contributed by atoms with Crippen LogP contribution in [0.5, 0.6) is 0 Å². The first-order valence-electron chi connectivity index (χ1n) is 4.93. The highest BCUT2D eigenvalue weighted by Gasteiger charge is 2.31. The van der Waals surface area contributed by atoms with Crippen molar-refractivity contribution >= 4 is 27.5 Å². The van der Waals surface area contributed by atoms with E-state index in [1.165, 1.54) is 0 Å². The van der Waals surface area contributed by atoms with Gasteiger partial charge in [-0.15, -0.1) is 0 Å². The topological polar surface area (TPSA) is 12.0 Å². The fourth-order valence-electron chi connectivity index (χ4n) is 2.02. The first-order chi connectivity index (χ1) is 7.03. The van der Waals surface area contributed by atoms with Crippen molar-refractivity contribution in [3.05, 3.63) is 33.0 Å². The van der Waals surface area contributed by atoms with Gasteiger partial charge in [0, 0.05) is 5.54 Å². The second kappa shape index (κ2) is 4.04. The maximum absolute atomic E-state index is 13.5. The van der Waals surface area contributed by atoms with Crippen LogP contribution in [0.2, 0.25) is 5.02 Å². The van der Waals surface area contributed by atoms with Gasteiger partial charge < -0.3 is 5.32 Å². The average Bonchev–Trinajstić information content (AvgIpc) is 2.62. The highest BCUT2D eigenvalue weighted by molar-refractivity contribution is 9.10. The Morgan fingerprint density at radius 1 is 1.53 bits per heavy atom. The molecule has 0 saturated carbocycles. The van der Waals surface area contributed by atoms with Crippen LogP contribution in [-0.4, -0.2) is 6.54 Å². The molecule has 82 valence electrons. The summed E-state index contributed by atoms with van der Waals surface area (Å²) in [5, 5.41) is 3.81. The molecule has 1 aliphatic rings. The van der Waals surface area contributed by atoms with Crippen LogP contribution >= 0.6 is 27.5 Å². The lowest BCUT2D eigenvalue weighted by Gasteiger charge is -2.25. The molecule has 1 N–H and O–H groups in total. The summed E-state index contributed by atoms with van der Waals surface area (Å²) in [7, 11) is 0. The third-order valence-corrected chi connectivity index (χ3v) is 4.32. The Morgan fingerprint density at radius 2 is 2.27 bits per heavy atom. The minimum absolute atomic E-state index is 0.134. The first kappa shape index (κ1) is 11.4. The molecule has 0 spiro atoms. The van der Waals surface area contributed by atoms with Gasteiger partial charge in [-0.05, 0) is 59.9 Å². The Kier molecular flexibility index (Phi) is 3.06. The predicted octanol–water partition coefficient (Wildman–Crippen LogP) is 3.84. The molecule has 1 heterocycles. The molecule has 0 radical (unpaired) electrons. The predicted molar refractivity (Wildman–Crippen MR) is 63.7 cm³/mol. The molecule has 0 amide bonds. The molecule has 1 aromatic carbocycles. The van der Waals surface area contributed by atoms with Gasteiger partial charge in [0.25, 0.3) is 0 Å². The first-order valence-corrected chi connectivity index (χ1v) is 6.10. The Balaban J connectivity index is 2.45. The molecule has 1 aromatic rings. The fraction of sp³-hybridized carbons (Fsp3) is 0.455. The summed E-state index contributed by atoms with van der Waals surface area (Å²) in [6.07, 6.45) is 2.14. The highest BCUT2D eigenvalue weighted by atomic mass is 79.9. The molecule has 0 bridgehead atoms. The van der Waals surface area contributed by atoms with Crippen molar-refractivity contribution in [1.82, 2.24) is 5.32 Å². The number of benzene rings is 1. The van der Waals surface area contributed by atoms with E-state index in [1.807, 2.05) is 6.07 Å². The average molecular weight is 293 g/mol. The Labute approximate surface area is 102 Å². The molecule has 0 aliphatic carbocycles. The van der Waals surface area contributed by atoms with Crippen LogP contribution < -0.4 is 5.32 Å². The number of hydrogen-bond donors (Lipinski definition) is 1. The fourth-order valence-corrected chi connectivity index (χ4v) is 2.45. The van der Waals surface area contributed by atoms with Gasteiger partial charge in [-0.25, -0.2) is 4.39 Å². The third kappa shape index (κ3) is 2.05. The van der Waals surface area contributed by atoms with E-state index in [4.69, 9.17) is 11.6 Å². The zero-order valence-electron chi connectivity index (χ0n) is 8.41. The van der Waals surface area contributed by atoms with Crippen molar-refractivity contribution in [1.29, 1.82) is 0 Å². The van der Waals surface area contributed by atoms with Crippen molar-refractivity contribution in [2.24, 2.45) is 0 Å². The van der Waals surface area contributed by atoms with E-state index < -0.39 is 0 Å². The van der Waals surface area contributed by atoms with Crippen LogP contribution in [0.25, 0.3) is 0 Å². The van der Waals surface area contributed by atoms with Crippen LogP contribution in [0.3, 0.4) is 0 Å². The lowest BCUT2D eigenvalue weighted by atomic mass is 9.90. The maximum Gasteiger partial charge on any atom is 0.139 e. The van der Waals surface area contributed by atoms with Gasteiger partial charge in [-0.2, -0.15) is 0 Å². The number of halogens is 3. The molecule has 4 heteroatoms. The quantitative estimate of drug-likeness (QED) is 0.776. The number of hydrogen-bond acceptors (Lipinski definition) is 1. The molecule has 1 fully saturated rings. The number of nitrogens with one attached hydrogen (secondary N) is 1. The van der Waals surface area contributed by atoms with Crippen LogP contribution in [0, 0.1) is 5.82 Å². The maximum atomic E-state index is 13.5. The molecule has 1 nitrogen and oxygen atoms in total. The van der Waals surface area contributed by atoms with E-state index in [1.54, 1.807) is 6.07 Å². The van der Waals surface area contributed by atoms with Gasteiger partial charge in [0.1, 0.15) is 5.82 Å². The van der Waals surface area contributed by atoms with Gasteiger partial charge in [0.15, 0.2) is 0 Å². The van der Waals surface area contributed by atoms with Crippen molar-refractivity contribution in [2.75, 3.05) is 6.54 Å². The monoisotopic (exact) mass is 291 g/mol. The molecule has 2 rings (SSSR count). The molecular weight excluding hydrogens is 280 g/mol. The van der Waals surface area contributed by atoms with Gasteiger partial charge in [0.05, 0.1) is 9.50 Å². The molecule has 1 saturated heterocycles. The van der Waals surface area contributed by atoms with Gasteiger partial charge in [-0.1, -0.05) is 11.6 Å². The Bertz CT molecular complexity index is 365. The molecule has 1 atom stereocenters. The van der Waals surface area contributed by atoms with E-state index in [0.717, 1.165) is 24.9 Å². The molecule has 0 aromatic heterocycles. The molecule has 1 aliphatic heterocycles. The minimum Gasteiger partial charge on any atom is -0.308 e. The SMILES string of the molecule is CC1(c2cc(F)c(Br)c(Cl)c2)CCCN1. The zero-order chi connectivity index (χ0) is 11.1. The van der Waals surface area contributed by atoms with Crippen molar-refractivity contribution in [3.8, 4) is 0 Å². The molecule has 15 heavy (non-hydrogen) atoms. The van der Waals surface area contributed by atoms with E-state index >= 15 is 0 Å². The summed E-state index contributed by atoms with van der Waals surface area (Å²) in [5.74, 6) is -0.299. The van der Waals surface area contributed by atoms with E-state index in [-0.39, 0.29) is 11.4 Å². The van der Waals surface area contributed by atoms with Crippen LogP contribution in [-0.2, 0) is 5.54 Å². The van der Waals surface area contributed by atoms with E-state index in [9.17, 15) is 4.39 Å². The van der Waals surface area contributed by atoms with Crippen LogP contribution in [0.4, 0.5) is 4.39 Å². The summed E-state index contributed by atoms with van der Waals surface area (Å²) in [4.78, 5) is 0. The summed E-state index contributed by atoms with van der Waals surface area (Å²) < 4.78 is 13.8. The van der Waals surface area contributed by atoms with Crippen LogP contribution in [0.15, 0.2) is 16.6 Å². The van der Waals surface area contributed by atoms with Crippen molar-refractivity contribution in [3.63, 3.8) is 0 Å². The number of rotatable bonds is 1. The Hall–Kier alpha value is -0.120. The van der Waals surface area contributed by atoms with Gasteiger partial charge in [0.2, 0.25) is 0 Å². The largest absolute Gasteiger partial charge is 0.308 e. The van der Waals surface area contributed by atoms with Gasteiger partial charge in [-0.3, -0.25) is 0 Å². The van der Waals surface area contributed by atoms with Crippen molar-refractivity contribution in [2.45, 2.75) is 25.3 Å². The zero-order valence-corrected chi connectivity index (χ0v) is 10.8. The molecular formula is C11H12BrClFN. The van der Waals surface area contributed by atoms with Crippen LogP contribution in [0.1, 0.15) is 25.3 Å². The summed E-state index contributed by atoms with van der Waals surface area (Å²) >= 11 is 9.06. The Morgan fingerprint density at radius 3 is 2.80 bits per heavy atom. The summed E-state index contributed by atoms with van der Waals surface area (Å²) in [6.45, 7) is 3.06. The van der Waals surface area contributed by atoms with Gasteiger partial charge >= 0.3 is 0 Å². The lowest BCUT2D eigenvalue weighted by Crippen LogP contribution is -2.33. The van der Waals surface area contributed by atoms with E-state index in [0.29, 0.717) is 9.50 Å². The van der Waals surface area contributed by atoms with Crippen molar-refractivity contribution < 1.29 is 4.39 Å². The highest BCUT2D eigenvalue weighted by Crippen LogP contribution is 2.35. The summed E-state index contributed by atoms with van der Waals surface area (Å²) in [5.41, 5.74) is 0.788. The second-order valence-corrected chi connectivity index (χ2v) is 5.32.